The van der Waals surface area contributed by atoms with Crippen LogP contribution in [0.5, 0.6) is 0 Å². The molecule has 1 aliphatic heterocycles. The molecule has 0 fully saturated rings. The first kappa shape index (κ1) is 9.83. The van der Waals surface area contributed by atoms with Gasteiger partial charge in [-0.1, -0.05) is 0 Å². The van der Waals surface area contributed by atoms with E-state index in [0.717, 1.165) is 0 Å². The van der Waals surface area contributed by atoms with Gasteiger partial charge in [0.1, 0.15) is 0 Å². The van der Waals surface area contributed by atoms with Crippen LogP contribution in [-0.4, -0.2) is 24.3 Å². The van der Waals surface area contributed by atoms with Gasteiger partial charge in [-0.2, -0.15) is 0 Å². The third kappa shape index (κ3) is 1.49. The average Bonchev–Trinajstić information content (AvgIpc) is 2.44. The van der Waals surface area contributed by atoms with Gasteiger partial charge in [-0.15, -0.1) is 0 Å². The third-order valence-electron chi connectivity index (χ3n) is 1.96. The molecule has 1 aliphatic rings. The van der Waals surface area contributed by atoms with E-state index in [1.54, 1.807) is 18.2 Å². The molecule has 0 bridgehead atoms. The summed E-state index contributed by atoms with van der Waals surface area (Å²) in [5.74, 6) is 0. The van der Waals surface area contributed by atoms with Crippen molar-refractivity contribution in [2.45, 2.75) is 12.8 Å². The van der Waals surface area contributed by atoms with E-state index in [4.69, 9.17) is 0 Å². The second-order valence-corrected chi connectivity index (χ2v) is 5.75. The van der Waals surface area contributed by atoms with Crippen LogP contribution in [0.3, 0.4) is 0 Å². The summed E-state index contributed by atoms with van der Waals surface area (Å²) in [7, 11) is 0. The zero-order valence-corrected chi connectivity index (χ0v) is 8.63. The first-order chi connectivity index (χ1) is 6.50. The summed E-state index contributed by atoms with van der Waals surface area (Å²) in [4.78, 5) is 0. The van der Waals surface area contributed by atoms with Gasteiger partial charge in [-0.25, -0.2) is 0 Å². The Balaban J connectivity index is 2.40. The summed E-state index contributed by atoms with van der Waals surface area (Å²) in [6.45, 7) is -0.284. The zero-order chi connectivity index (χ0) is 10.3. The molecule has 1 unspecified atom stereocenters. The number of fused-ring (bicyclic) bond motifs is 1. The molecule has 14 heavy (non-hydrogen) atoms. The molecular weight excluding hydrogens is 262 g/mol. The predicted octanol–water partition coefficient (Wildman–Crippen LogP) is 1.15. The number of nitrogens with zero attached hydrogens (tertiary/aromatic N) is 1. The molecule has 0 saturated carbocycles. The van der Waals surface area contributed by atoms with E-state index >= 15 is 0 Å². The molecule has 0 amide bonds. The Morgan fingerprint density at radius 1 is 1.29 bits per heavy atom. The summed E-state index contributed by atoms with van der Waals surface area (Å²) < 4.78 is 48.9. The zero-order valence-electron chi connectivity index (χ0n) is 6.91. The summed E-state index contributed by atoms with van der Waals surface area (Å²) in [6, 6.07) is 6.33. The Bertz CT molecular complexity index is 390. The van der Waals surface area contributed by atoms with E-state index in [-0.39, 0.29) is 10.5 Å². The summed E-state index contributed by atoms with van der Waals surface area (Å²) >= 11 is -3.09. The van der Waals surface area contributed by atoms with Gasteiger partial charge in [-0.3, -0.25) is 0 Å². The Kier molecular flexibility index (Phi) is 2.21. The summed E-state index contributed by atoms with van der Waals surface area (Å²) in [5, 5.41) is 0. The number of hydrogen-bond donors (Lipinski definition) is 0. The molecule has 0 N–H and O–H groups in total. The molecule has 76 valence electrons. The molecule has 2 rings (SSSR count). The molecule has 1 aromatic carbocycles. The van der Waals surface area contributed by atoms with E-state index in [1.807, 2.05) is 0 Å². The van der Waals surface area contributed by atoms with Gasteiger partial charge in [0, 0.05) is 0 Å². The molecule has 1 heterocycles. The predicted molar refractivity (Wildman–Crippen MR) is 44.1 cm³/mol. The fourth-order valence-electron chi connectivity index (χ4n) is 1.32. The normalized spacial score (nSPS) is 22.4. The van der Waals surface area contributed by atoms with Crippen LogP contribution in [0.2, 0.25) is 0 Å². The van der Waals surface area contributed by atoms with Crippen LogP contribution in [0.15, 0.2) is 24.3 Å². The first-order valence-corrected chi connectivity index (χ1v) is 6.16. The van der Waals surface area contributed by atoms with Crippen molar-refractivity contribution in [1.29, 1.82) is 0 Å². The minimum atomic E-state index is -4.49. The van der Waals surface area contributed by atoms with Gasteiger partial charge < -0.3 is 0 Å². The Hall–Kier alpha value is -0.711. The van der Waals surface area contributed by atoms with E-state index < -0.39 is 20.4 Å². The Labute approximate surface area is 82.6 Å². The minimum absolute atomic E-state index is 0.123. The molecule has 0 aliphatic carbocycles. The van der Waals surface area contributed by atoms with Gasteiger partial charge in [-0.05, 0) is 0 Å². The van der Waals surface area contributed by atoms with Gasteiger partial charge in [0.05, 0.1) is 0 Å². The van der Waals surface area contributed by atoms with Gasteiger partial charge >= 0.3 is 82.1 Å². The number of alkyl halides is 3. The summed E-state index contributed by atoms with van der Waals surface area (Å²) in [6.07, 6.45) is -4.49. The van der Waals surface area contributed by atoms with Crippen LogP contribution in [0.4, 0.5) is 13.2 Å². The molecule has 0 spiro atoms. The molecule has 0 radical (unpaired) electrons. The van der Waals surface area contributed by atoms with E-state index in [0.29, 0.717) is 10.0 Å². The molecule has 2 nitrogen and oxygen atoms in total. The van der Waals surface area contributed by atoms with Crippen molar-refractivity contribution in [2.24, 2.45) is 0 Å². The molecule has 6 heteroatoms. The molecule has 0 aromatic heterocycles. The fourth-order valence-corrected chi connectivity index (χ4v) is 3.91. The van der Waals surface area contributed by atoms with Gasteiger partial charge in [0.15, 0.2) is 0 Å². The van der Waals surface area contributed by atoms with Crippen LogP contribution < -0.4 is 4.46 Å². The number of halogens is 3. The SMILES string of the molecule is O=[Se]1c2ccccc2CN1C(F)(F)F. The van der Waals surface area contributed by atoms with Crippen LogP contribution in [0.25, 0.3) is 0 Å². The Morgan fingerprint density at radius 3 is 2.50 bits per heavy atom. The molecular formula is C8H6F3NOSe. The number of rotatable bonds is 0. The van der Waals surface area contributed by atoms with Crippen LogP contribution in [0, 0.1) is 0 Å². The first-order valence-electron chi connectivity index (χ1n) is 3.84. The van der Waals surface area contributed by atoms with Gasteiger partial charge in [0.2, 0.25) is 0 Å². The standard InChI is InChI=1S/C8H6F3NOSe/c9-8(10,11)12-5-6-3-1-2-4-7(6)14(12)13/h1-4H,5H2. The van der Waals surface area contributed by atoms with E-state index in [2.05, 4.69) is 0 Å². The van der Waals surface area contributed by atoms with E-state index in [9.17, 15) is 17.0 Å². The maximum atomic E-state index is 12.3. The topological polar surface area (TPSA) is 20.3 Å². The molecule has 1 aromatic rings. The average molecular weight is 268 g/mol. The third-order valence-corrected chi connectivity index (χ3v) is 5.13. The van der Waals surface area contributed by atoms with Crippen molar-refractivity contribution in [1.82, 2.24) is 3.92 Å². The molecule has 0 saturated heterocycles. The summed E-state index contributed by atoms with van der Waals surface area (Å²) in [5.41, 5.74) is 0.518. The van der Waals surface area contributed by atoms with Crippen molar-refractivity contribution in [2.75, 3.05) is 0 Å². The van der Waals surface area contributed by atoms with Crippen LogP contribution in [-0.2, 0) is 10.4 Å². The number of benzene rings is 1. The second-order valence-electron chi connectivity index (χ2n) is 2.86. The van der Waals surface area contributed by atoms with Gasteiger partial charge in [0.25, 0.3) is 0 Å². The van der Waals surface area contributed by atoms with E-state index in [1.165, 1.54) is 6.07 Å². The fraction of sp³-hybridized carbons (Fsp3) is 0.250. The van der Waals surface area contributed by atoms with Crippen molar-refractivity contribution in [3.05, 3.63) is 29.8 Å². The van der Waals surface area contributed by atoms with Crippen LogP contribution in [0.1, 0.15) is 5.56 Å². The maximum absolute atomic E-state index is 12.3. The Morgan fingerprint density at radius 2 is 1.93 bits per heavy atom. The van der Waals surface area contributed by atoms with Crippen LogP contribution >= 0.6 is 0 Å². The second kappa shape index (κ2) is 3.15. The van der Waals surface area contributed by atoms with Crippen molar-refractivity contribution < 1.29 is 17.0 Å². The van der Waals surface area contributed by atoms with Crippen molar-refractivity contribution >= 4 is 18.5 Å². The monoisotopic (exact) mass is 269 g/mol. The number of hydrogen-bond acceptors (Lipinski definition) is 1. The van der Waals surface area contributed by atoms with Crippen molar-refractivity contribution in [3.63, 3.8) is 0 Å². The quantitative estimate of drug-likeness (QED) is 0.519. The van der Waals surface area contributed by atoms with Crippen molar-refractivity contribution in [3.8, 4) is 0 Å². The molecule has 1 atom stereocenters.